The Morgan fingerprint density at radius 3 is 2.39 bits per heavy atom. The Kier molecular flexibility index (Phi) is 5.65. The van der Waals surface area contributed by atoms with E-state index in [0.717, 1.165) is 0 Å². The normalized spacial score (nSPS) is 15.3. The molecule has 0 saturated carbocycles. The zero-order chi connectivity index (χ0) is 23.7. The van der Waals surface area contributed by atoms with Crippen LogP contribution in [-0.2, 0) is 4.79 Å². The van der Waals surface area contributed by atoms with Gasteiger partial charge in [0.1, 0.15) is 5.69 Å². The van der Waals surface area contributed by atoms with Crippen LogP contribution in [-0.4, -0.2) is 31.5 Å². The zero-order valence-corrected chi connectivity index (χ0v) is 17.8. The fourth-order valence-electron chi connectivity index (χ4n) is 3.90. The minimum absolute atomic E-state index is 0.0925. The van der Waals surface area contributed by atoms with Crippen molar-refractivity contribution in [2.24, 2.45) is 5.10 Å². The number of aryl methyl sites for hydroxylation is 1. The van der Waals surface area contributed by atoms with E-state index in [1.165, 1.54) is 30.1 Å². The van der Waals surface area contributed by atoms with Gasteiger partial charge in [-0.3, -0.25) is 25.0 Å². The molecule has 2 heterocycles. The lowest BCUT2D eigenvalue weighted by Gasteiger charge is -2.20. The lowest BCUT2D eigenvalue weighted by atomic mass is 9.96. The number of hydrogen-bond acceptors (Lipinski definition) is 7. The van der Waals surface area contributed by atoms with Gasteiger partial charge in [0.05, 0.1) is 21.6 Å². The summed E-state index contributed by atoms with van der Waals surface area (Å²) in [7, 11) is 0. The van der Waals surface area contributed by atoms with Crippen molar-refractivity contribution < 1.29 is 14.6 Å². The highest BCUT2D eigenvalue weighted by Crippen LogP contribution is 2.37. The van der Waals surface area contributed by atoms with E-state index in [2.05, 4.69) is 10.1 Å². The van der Waals surface area contributed by atoms with Gasteiger partial charge in [-0.05, 0) is 12.5 Å². The third kappa shape index (κ3) is 4.18. The van der Waals surface area contributed by atoms with Gasteiger partial charge in [0.2, 0.25) is 5.91 Å². The van der Waals surface area contributed by atoms with E-state index in [0.29, 0.717) is 28.1 Å². The average molecular weight is 445 g/mol. The lowest BCUT2D eigenvalue weighted by molar-refractivity contribution is -0.385. The van der Waals surface area contributed by atoms with Crippen molar-refractivity contribution in [2.75, 3.05) is 0 Å². The van der Waals surface area contributed by atoms with Crippen LogP contribution in [0.2, 0.25) is 0 Å². The van der Waals surface area contributed by atoms with E-state index in [1.807, 2.05) is 6.07 Å². The maximum absolute atomic E-state index is 12.3. The van der Waals surface area contributed by atoms with Crippen LogP contribution in [0.25, 0.3) is 11.3 Å². The molecule has 1 aliphatic rings. The molecule has 1 amide bonds. The standard InChI is InChI=1S/C23H19N5O5/c1-14-19(12-22(28(32)33)23(24-14)16-7-4-3-5-8-16)20-13-21(26(25-20)15(2)29)17-9-6-10-18(11-17)27(30)31/h3-12,21H,13H2,1-2H3. The summed E-state index contributed by atoms with van der Waals surface area (Å²) in [6.07, 6.45) is 0.241. The van der Waals surface area contributed by atoms with Crippen molar-refractivity contribution in [1.82, 2.24) is 9.99 Å². The molecule has 0 spiro atoms. The minimum atomic E-state index is -0.565. The van der Waals surface area contributed by atoms with Crippen LogP contribution in [0.4, 0.5) is 11.4 Å². The molecule has 0 bridgehead atoms. The molecule has 4 rings (SSSR count). The van der Waals surface area contributed by atoms with Crippen LogP contribution in [0.1, 0.15) is 36.2 Å². The number of nitrogens with zero attached hydrogens (tertiary/aromatic N) is 5. The zero-order valence-electron chi connectivity index (χ0n) is 17.8. The molecular weight excluding hydrogens is 426 g/mol. The van der Waals surface area contributed by atoms with Gasteiger partial charge in [0.15, 0.2) is 0 Å². The SMILES string of the molecule is CC(=O)N1N=C(c2cc([N+](=O)[O-])c(-c3ccccc3)nc2C)CC1c1cccc([N+](=O)[O-])c1. The predicted octanol–water partition coefficient (Wildman–Crippen LogP) is 4.57. The first-order chi connectivity index (χ1) is 15.8. The highest BCUT2D eigenvalue weighted by molar-refractivity contribution is 6.04. The van der Waals surface area contributed by atoms with Crippen molar-refractivity contribution in [1.29, 1.82) is 0 Å². The fraction of sp³-hybridized carbons (Fsp3) is 0.174. The Morgan fingerprint density at radius 1 is 1.03 bits per heavy atom. The number of carbonyl (C=O) groups excluding carboxylic acids is 1. The van der Waals surface area contributed by atoms with Gasteiger partial charge in [0.25, 0.3) is 11.4 Å². The topological polar surface area (TPSA) is 132 Å². The highest BCUT2D eigenvalue weighted by Gasteiger charge is 2.34. The molecule has 3 aromatic rings. The minimum Gasteiger partial charge on any atom is -0.273 e. The van der Waals surface area contributed by atoms with Gasteiger partial charge in [-0.2, -0.15) is 5.10 Å². The van der Waals surface area contributed by atoms with Crippen LogP contribution < -0.4 is 0 Å². The number of nitro benzene ring substituents is 1. The number of nitro groups is 2. The summed E-state index contributed by atoms with van der Waals surface area (Å²) < 4.78 is 0. The van der Waals surface area contributed by atoms with Crippen LogP contribution >= 0.6 is 0 Å². The molecule has 0 radical (unpaired) electrons. The fourth-order valence-corrected chi connectivity index (χ4v) is 3.90. The summed E-state index contributed by atoms with van der Waals surface area (Å²) >= 11 is 0. The Balaban J connectivity index is 1.77. The van der Waals surface area contributed by atoms with Gasteiger partial charge in [0, 0.05) is 48.4 Å². The number of carbonyl (C=O) groups is 1. The molecule has 1 aromatic heterocycles. The highest BCUT2D eigenvalue weighted by atomic mass is 16.6. The number of hydrazone groups is 1. The predicted molar refractivity (Wildman–Crippen MR) is 121 cm³/mol. The number of benzene rings is 2. The Morgan fingerprint density at radius 2 is 1.76 bits per heavy atom. The molecule has 2 aromatic carbocycles. The smallest absolute Gasteiger partial charge is 0.273 e. The second-order valence-electron chi connectivity index (χ2n) is 7.59. The second kappa shape index (κ2) is 8.58. The van der Waals surface area contributed by atoms with Gasteiger partial charge < -0.3 is 0 Å². The molecule has 0 aliphatic carbocycles. The number of hydrogen-bond donors (Lipinski definition) is 0. The summed E-state index contributed by atoms with van der Waals surface area (Å²) in [4.78, 5) is 38.8. The van der Waals surface area contributed by atoms with E-state index in [4.69, 9.17) is 0 Å². The summed E-state index contributed by atoms with van der Waals surface area (Å²) in [6.45, 7) is 3.08. The van der Waals surface area contributed by atoms with E-state index in [9.17, 15) is 25.0 Å². The number of aromatic nitrogens is 1. The second-order valence-corrected chi connectivity index (χ2v) is 7.59. The Hall–Kier alpha value is -4.47. The third-order valence-corrected chi connectivity index (χ3v) is 5.45. The summed E-state index contributed by atoms with van der Waals surface area (Å²) in [5.74, 6) is -0.345. The Labute approximate surface area is 188 Å². The molecule has 0 fully saturated rings. The summed E-state index contributed by atoms with van der Waals surface area (Å²) in [6, 6.07) is 15.8. The van der Waals surface area contributed by atoms with E-state index in [-0.39, 0.29) is 29.4 Å². The number of pyridine rings is 1. The first-order valence-corrected chi connectivity index (χ1v) is 10.1. The molecule has 1 aliphatic heterocycles. The molecule has 1 atom stereocenters. The van der Waals surface area contributed by atoms with Crippen LogP contribution in [0, 0.1) is 27.2 Å². The van der Waals surface area contributed by atoms with E-state index in [1.54, 1.807) is 43.3 Å². The molecule has 1 unspecified atom stereocenters. The maximum Gasteiger partial charge on any atom is 0.296 e. The molecule has 10 nitrogen and oxygen atoms in total. The van der Waals surface area contributed by atoms with Gasteiger partial charge >= 0.3 is 0 Å². The van der Waals surface area contributed by atoms with Crippen molar-refractivity contribution >= 4 is 23.0 Å². The lowest BCUT2D eigenvalue weighted by Crippen LogP contribution is -2.24. The monoisotopic (exact) mass is 445 g/mol. The quantitative estimate of drug-likeness (QED) is 0.417. The average Bonchev–Trinajstić information content (AvgIpc) is 3.25. The van der Waals surface area contributed by atoms with Gasteiger partial charge in [-0.15, -0.1) is 0 Å². The maximum atomic E-state index is 12.3. The molecule has 0 N–H and O–H groups in total. The first-order valence-electron chi connectivity index (χ1n) is 10.1. The molecule has 166 valence electrons. The van der Waals surface area contributed by atoms with E-state index >= 15 is 0 Å². The van der Waals surface area contributed by atoms with Crippen LogP contribution in [0.3, 0.4) is 0 Å². The van der Waals surface area contributed by atoms with Crippen molar-refractivity contribution in [3.63, 3.8) is 0 Å². The van der Waals surface area contributed by atoms with Crippen molar-refractivity contribution in [3.8, 4) is 11.3 Å². The molecule has 0 saturated heterocycles. The number of non-ortho nitro benzene ring substituents is 1. The number of rotatable bonds is 5. The molecular formula is C23H19N5O5. The molecule has 10 heteroatoms. The van der Waals surface area contributed by atoms with E-state index < -0.39 is 15.9 Å². The van der Waals surface area contributed by atoms with Crippen LogP contribution in [0.15, 0.2) is 65.8 Å². The van der Waals surface area contributed by atoms with Crippen LogP contribution in [0.5, 0.6) is 0 Å². The largest absolute Gasteiger partial charge is 0.296 e. The van der Waals surface area contributed by atoms with Gasteiger partial charge in [-0.25, -0.2) is 9.99 Å². The van der Waals surface area contributed by atoms with Crippen molar-refractivity contribution in [3.05, 3.63) is 97.7 Å². The third-order valence-electron chi connectivity index (χ3n) is 5.45. The summed E-state index contributed by atoms with van der Waals surface area (Å²) in [5.41, 5.74) is 2.60. The molecule has 33 heavy (non-hydrogen) atoms. The first kappa shape index (κ1) is 21.8. The Bertz CT molecular complexity index is 1310. The number of amides is 1. The summed E-state index contributed by atoms with van der Waals surface area (Å²) in [5, 5.41) is 28.7. The van der Waals surface area contributed by atoms with Crippen molar-refractivity contribution in [2.45, 2.75) is 26.3 Å². The van der Waals surface area contributed by atoms with Gasteiger partial charge in [-0.1, -0.05) is 42.5 Å².